The summed E-state index contributed by atoms with van der Waals surface area (Å²) in [7, 11) is 0. The second kappa shape index (κ2) is 6.27. The average molecular weight is 374 g/mol. The van der Waals surface area contributed by atoms with Crippen molar-refractivity contribution >= 4 is 22.5 Å². The monoisotopic (exact) mass is 374 g/mol. The van der Waals surface area contributed by atoms with E-state index in [4.69, 9.17) is 4.52 Å². The molecule has 0 saturated heterocycles. The number of aromatic nitrogens is 7. The maximum absolute atomic E-state index is 12.6. The highest BCUT2D eigenvalue weighted by atomic mass is 16.5. The molecule has 0 radical (unpaired) electrons. The molecule has 0 fully saturated rings. The van der Waals surface area contributed by atoms with Crippen LogP contribution in [0, 0.1) is 6.92 Å². The molecule has 1 aromatic carbocycles. The highest BCUT2D eigenvalue weighted by Crippen LogP contribution is 2.22. The van der Waals surface area contributed by atoms with Crippen molar-refractivity contribution in [2.75, 3.05) is 0 Å². The minimum Gasteiger partial charge on any atom is -0.343 e. The maximum atomic E-state index is 12.6. The normalized spacial score (nSPS) is 11.3. The molecular weight excluding hydrogens is 360 g/mol. The number of H-pyrrole nitrogens is 1. The lowest BCUT2D eigenvalue weighted by Gasteiger charge is -2.03. The van der Waals surface area contributed by atoms with Gasteiger partial charge in [0.05, 0.1) is 17.6 Å². The van der Waals surface area contributed by atoms with Crippen LogP contribution in [0.2, 0.25) is 0 Å². The summed E-state index contributed by atoms with van der Waals surface area (Å²) in [5.41, 5.74) is 2.39. The molecule has 4 aromatic heterocycles. The summed E-state index contributed by atoms with van der Waals surface area (Å²) < 4.78 is 7.01. The summed E-state index contributed by atoms with van der Waals surface area (Å²) in [5.74, 6) is 1.18. The van der Waals surface area contributed by atoms with Crippen LogP contribution in [0.25, 0.3) is 28.0 Å². The molecule has 5 rings (SSSR count). The van der Waals surface area contributed by atoms with Gasteiger partial charge in [0, 0.05) is 11.6 Å². The lowest BCUT2D eigenvalue weighted by atomic mass is 10.2. The molecule has 0 atom stereocenters. The number of hydrogen-bond acceptors (Lipinski definition) is 7. The number of amides is 1. The van der Waals surface area contributed by atoms with Crippen molar-refractivity contribution in [1.82, 2.24) is 40.3 Å². The molecular formula is C18H14N8O2. The van der Waals surface area contributed by atoms with Gasteiger partial charge in [-0.05, 0) is 25.1 Å². The Bertz CT molecular complexity index is 1320. The number of para-hydroxylation sites is 1. The fourth-order valence-corrected chi connectivity index (χ4v) is 3.04. The Balaban J connectivity index is 1.42. The Morgan fingerprint density at radius 3 is 2.96 bits per heavy atom. The number of nitrogens with zero attached hydrogens (tertiary/aromatic N) is 6. The summed E-state index contributed by atoms with van der Waals surface area (Å²) >= 11 is 0. The zero-order valence-corrected chi connectivity index (χ0v) is 14.7. The first-order valence-electron chi connectivity index (χ1n) is 8.55. The fourth-order valence-electron chi connectivity index (χ4n) is 3.04. The zero-order valence-electron chi connectivity index (χ0n) is 14.7. The predicted octanol–water partition coefficient (Wildman–Crippen LogP) is 1.89. The van der Waals surface area contributed by atoms with Gasteiger partial charge in [-0.2, -0.15) is 10.1 Å². The predicted molar refractivity (Wildman–Crippen MR) is 98.3 cm³/mol. The highest BCUT2D eigenvalue weighted by molar-refractivity contribution is 6.04. The van der Waals surface area contributed by atoms with Gasteiger partial charge >= 0.3 is 0 Å². The van der Waals surface area contributed by atoms with E-state index in [1.165, 1.54) is 0 Å². The van der Waals surface area contributed by atoms with Crippen LogP contribution < -0.4 is 5.32 Å². The van der Waals surface area contributed by atoms with Crippen LogP contribution >= 0.6 is 0 Å². The maximum Gasteiger partial charge on any atom is 0.272 e. The van der Waals surface area contributed by atoms with Gasteiger partial charge in [-0.15, -0.1) is 10.2 Å². The van der Waals surface area contributed by atoms with Crippen LogP contribution in [-0.4, -0.2) is 40.8 Å². The second-order valence-electron chi connectivity index (χ2n) is 6.18. The zero-order chi connectivity index (χ0) is 19.1. The van der Waals surface area contributed by atoms with Crippen LogP contribution in [0.1, 0.15) is 22.1 Å². The van der Waals surface area contributed by atoms with Gasteiger partial charge in [-0.25, -0.2) is 0 Å². The number of carbonyl (C=O) groups excluding carboxylic acids is 1. The number of fused-ring (bicyclic) bond motifs is 2. The van der Waals surface area contributed by atoms with Crippen molar-refractivity contribution in [2.45, 2.75) is 13.5 Å². The van der Waals surface area contributed by atoms with E-state index in [1.54, 1.807) is 11.3 Å². The van der Waals surface area contributed by atoms with Crippen LogP contribution in [0.4, 0.5) is 0 Å². The molecule has 28 heavy (non-hydrogen) atoms. The second-order valence-corrected chi connectivity index (χ2v) is 6.18. The molecule has 0 saturated carbocycles. The topological polar surface area (TPSA) is 127 Å². The third-order valence-corrected chi connectivity index (χ3v) is 4.36. The van der Waals surface area contributed by atoms with Crippen LogP contribution in [0.5, 0.6) is 0 Å². The minimum atomic E-state index is -0.294. The molecule has 4 heterocycles. The van der Waals surface area contributed by atoms with Gasteiger partial charge in [0.1, 0.15) is 0 Å². The summed E-state index contributed by atoms with van der Waals surface area (Å²) in [5, 5.41) is 22.8. The number of carbonyl (C=O) groups is 1. The first-order chi connectivity index (χ1) is 13.7. The molecule has 0 unspecified atom stereocenters. The third kappa shape index (κ3) is 2.58. The first-order valence-corrected chi connectivity index (χ1v) is 8.55. The molecule has 10 nitrogen and oxygen atoms in total. The quantitative estimate of drug-likeness (QED) is 0.492. The number of benzene rings is 1. The third-order valence-electron chi connectivity index (χ3n) is 4.36. The van der Waals surface area contributed by atoms with Crippen molar-refractivity contribution in [2.24, 2.45) is 0 Å². The molecule has 0 aliphatic heterocycles. The Labute approximate surface area is 157 Å². The van der Waals surface area contributed by atoms with Gasteiger partial charge in [0.25, 0.3) is 11.8 Å². The summed E-state index contributed by atoms with van der Waals surface area (Å²) in [6.07, 6.45) is 1.81. The highest BCUT2D eigenvalue weighted by Gasteiger charge is 2.17. The van der Waals surface area contributed by atoms with E-state index >= 15 is 0 Å². The molecule has 0 spiro atoms. The van der Waals surface area contributed by atoms with E-state index in [2.05, 4.69) is 35.9 Å². The summed E-state index contributed by atoms with van der Waals surface area (Å²) in [6.45, 7) is 1.93. The molecule has 5 aromatic rings. The number of pyridine rings is 1. The van der Waals surface area contributed by atoms with Crippen molar-refractivity contribution in [3.8, 4) is 11.5 Å². The minimum absolute atomic E-state index is 0.188. The number of hydrogen-bond donors (Lipinski definition) is 2. The van der Waals surface area contributed by atoms with E-state index in [0.717, 1.165) is 10.9 Å². The lowest BCUT2D eigenvalue weighted by Crippen LogP contribution is -2.24. The number of rotatable bonds is 4. The fraction of sp³-hybridized carbons (Fsp3) is 0.111. The van der Waals surface area contributed by atoms with E-state index < -0.39 is 0 Å². The SMILES string of the molecule is Cc1noc(-c2cccn3c(CNC(=O)c4n[nH]c5ccccc45)nnc23)n1. The standard InChI is InChI=1S/C18H14N8O2/c1-10-20-18(28-25-10)12-6-4-8-26-14(22-24-16(12)26)9-19-17(27)15-11-5-2-3-7-13(11)21-23-15/h2-8H,9H2,1H3,(H,19,27)(H,21,23). The molecule has 2 N–H and O–H groups in total. The molecule has 0 bridgehead atoms. The van der Waals surface area contributed by atoms with Gasteiger partial charge in [-0.3, -0.25) is 14.3 Å². The first kappa shape index (κ1) is 16.1. The number of aromatic amines is 1. The van der Waals surface area contributed by atoms with Gasteiger partial charge in [0.2, 0.25) is 0 Å². The van der Waals surface area contributed by atoms with Gasteiger partial charge < -0.3 is 9.84 Å². The molecule has 0 aliphatic carbocycles. The van der Waals surface area contributed by atoms with E-state index in [9.17, 15) is 4.79 Å². The molecule has 0 aliphatic rings. The summed E-state index contributed by atoms with van der Waals surface area (Å²) in [4.78, 5) is 16.8. The average Bonchev–Trinajstić information content (AvgIpc) is 3.44. The molecule has 10 heteroatoms. The van der Waals surface area contributed by atoms with Crippen molar-refractivity contribution in [3.63, 3.8) is 0 Å². The van der Waals surface area contributed by atoms with E-state index in [-0.39, 0.29) is 12.5 Å². The molecule has 138 valence electrons. The van der Waals surface area contributed by atoms with Crippen LogP contribution in [-0.2, 0) is 6.54 Å². The van der Waals surface area contributed by atoms with Gasteiger partial charge in [-0.1, -0.05) is 23.4 Å². The van der Waals surface area contributed by atoms with Gasteiger partial charge in [0.15, 0.2) is 23.0 Å². The largest absolute Gasteiger partial charge is 0.343 e. The van der Waals surface area contributed by atoms with Crippen LogP contribution in [0.3, 0.4) is 0 Å². The van der Waals surface area contributed by atoms with E-state index in [1.807, 2.05) is 42.6 Å². The van der Waals surface area contributed by atoms with Crippen molar-refractivity contribution in [1.29, 1.82) is 0 Å². The molecule has 1 amide bonds. The summed E-state index contributed by atoms with van der Waals surface area (Å²) in [6, 6.07) is 11.1. The Kier molecular flexibility index (Phi) is 3.61. The number of aryl methyl sites for hydroxylation is 1. The van der Waals surface area contributed by atoms with Crippen molar-refractivity contribution in [3.05, 3.63) is 59.9 Å². The lowest BCUT2D eigenvalue weighted by molar-refractivity contribution is 0.0946. The van der Waals surface area contributed by atoms with Crippen LogP contribution in [0.15, 0.2) is 47.1 Å². The Hall–Kier alpha value is -4.08. The smallest absolute Gasteiger partial charge is 0.272 e. The Morgan fingerprint density at radius 1 is 1.21 bits per heavy atom. The Morgan fingerprint density at radius 2 is 2.11 bits per heavy atom. The number of nitrogens with one attached hydrogen (secondary N) is 2. The van der Waals surface area contributed by atoms with E-state index in [0.29, 0.717) is 34.4 Å². The van der Waals surface area contributed by atoms with Crippen molar-refractivity contribution < 1.29 is 9.32 Å².